The second-order valence-corrected chi connectivity index (χ2v) is 5.90. The number of halogens is 2. The lowest BCUT2D eigenvalue weighted by atomic mass is 10.1. The van der Waals surface area contributed by atoms with E-state index in [1.54, 1.807) is 6.07 Å². The fourth-order valence-corrected chi connectivity index (χ4v) is 2.76. The maximum Gasteiger partial charge on any atom is 0.284 e. The molecule has 1 aromatic heterocycles. The van der Waals surface area contributed by atoms with E-state index in [2.05, 4.69) is 17.3 Å². The van der Waals surface area contributed by atoms with Crippen molar-refractivity contribution in [1.82, 2.24) is 10.2 Å². The molecule has 1 saturated heterocycles. The van der Waals surface area contributed by atoms with Gasteiger partial charge >= 0.3 is 0 Å². The number of likely N-dealkylation sites (N-methyl/N-ethyl adjacent to an activating group) is 1. The van der Waals surface area contributed by atoms with Gasteiger partial charge in [0.2, 0.25) is 0 Å². The zero-order valence-corrected chi connectivity index (χ0v) is 11.9. The van der Waals surface area contributed by atoms with Gasteiger partial charge in [0.25, 0.3) is 5.76 Å². The molecular weight excluding hydrogens is 270 g/mol. The minimum absolute atomic E-state index is 0.226. The molecule has 6 heteroatoms. The van der Waals surface area contributed by atoms with Crippen LogP contribution in [0.25, 0.3) is 0 Å². The number of rotatable bonds is 6. The summed E-state index contributed by atoms with van der Waals surface area (Å²) in [5.41, 5.74) is 0. The second kappa shape index (κ2) is 7.26. The highest BCUT2D eigenvalue weighted by atomic mass is 32.2. The van der Waals surface area contributed by atoms with Crippen molar-refractivity contribution in [3.8, 4) is 0 Å². The highest BCUT2D eigenvalue weighted by molar-refractivity contribution is 7.98. The van der Waals surface area contributed by atoms with Gasteiger partial charge in [-0.2, -0.15) is 8.78 Å². The van der Waals surface area contributed by atoms with Crippen molar-refractivity contribution in [1.29, 1.82) is 0 Å². The predicted molar refractivity (Wildman–Crippen MR) is 73.4 cm³/mol. The van der Waals surface area contributed by atoms with E-state index in [1.807, 2.05) is 6.07 Å². The van der Waals surface area contributed by atoms with Crippen LogP contribution in [0.2, 0.25) is 0 Å². The van der Waals surface area contributed by atoms with E-state index in [0.717, 1.165) is 18.8 Å². The lowest BCUT2D eigenvalue weighted by Gasteiger charge is -2.30. The first-order chi connectivity index (χ1) is 9.13. The van der Waals surface area contributed by atoms with Crippen molar-refractivity contribution in [3.05, 3.63) is 23.7 Å². The average molecular weight is 290 g/mol. The standard InChI is InChI=1S/C13H20F2N2OS/c1-17-6-2-3-10(8-17)16-7-11-4-5-12(18-11)9-19-13(14)15/h4-5,10,13,16H,2-3,6-9H2,1H3. The number of alkyl halides is 2. The Labute approximate surface area is 116 Å². The van der Waals surface area contributed by atoms with E-state index in [0.29, 0.717) is 30.1 Å². The first-order valence-corrected chi connectivity index (χ1v) is 7.57. The molecule has 1 aromatic rings. The molecule has 2 heterocycles. The topological polar surface area (TPSA) is 28.4 Å². The first kappa shape index (κ1) is 14.8. The first-order valence-electron chi connectivity index (χ1n) is 6.53. The minimum Gasteiger partial charge on any atom is -0.464 e. The summed E-state index contributed by atoms with van der Waals surface area (Å²) in [5, 5.41) is 3.46. The molecule has 1 unspecified atom stereocenters. The fourth-order valence-electron chi connectivity index (χ4n) is 2.32. The van der Waals surface area contributed by atoms with Crippen molar-refractivity contribution in [2.45, 2.75) is 36.9 Å². The van der Waals surface area contributed by atoms with Gasteiger partial charge in [-0.25, -0.2) is 0 Å². The molecule has 19 heavy (non-hydrogen) atoms. The third-order valence-corrected chi connectivity index (χ3v) is 3.96. The molecule has 1 aliphatic rings. The number of furan rings is 1. The van der Waals surface area contributed by atoms with Crippen molar-refractivity contribution in [3.63, 3.8) is 0 Å². The molecule has 1 fully saturated rings. The Balaban J connectivity index is 1.73. The smallest absolute Gasteiger partial charge is 0.284 e. The van der Waals surface area contributed by atoms with Crippen LogP contribution in [-0.4, -0.2) is 36.8 Å². The Hall–Kier alpha value is -0.590. The molecule has 0 amide bonds. The van der Waals surface area contributed by atoms with E-state index in [4.69, 9.17) is 4.42 Å². The van der Waals surface area contributed by atoms with Gasteiger partial charge in [-0.3, -0.25) is 0 Å². The molecular formula is C13H20F2N2OS. The normalized spacial score (nSPS) is 21.2. The molecule has 108 valence electrons. The number of nitrogens with zero attached hydrogens (tertiary/aromatic N) is 1. The van der Waals surface area contributed by atoms with Crippen LogP contribution >= 0.6 is 11.8 Å². The maximum absolute atomic E-state index is 12.1. The van der Waals surface area contributed by atoms with E-state index in [9.17, 15) is 8.78 Å². The van der Waals surface area contributed by atoms with Crippen LogP contribution in [-0.2, 0) is 12.3 Å². The molecule has 1 aliphatic heterocycles. The zero-order valence-electron chi connectivity index (χ0n) is 11.1. The molecule has 0 saturated carbocycles. The summed E-state index contributed by atoms with van der Waals surface area (Å²) in [6.07, 6.45) is 2.39. The fraction of sp³-hybridized carbons (Fsp3) is 0.692. The molecule has 0 aliphatic carbocycles. The van der Waals surface area contributed by atoms with Gasteiger partial charge in [-0.1, -0.05) is 11.8 Å². The van der Waals surface area contributed by atoms with Crippen molar-refractivity contribution >= 4 is 11.8 Å². The summed E-state index contributed by atoms with van der Waals surface area (Å²) < 4.78 is 29.6. The predicted octanol–water partition coefficient (Wildman–Crippen LogP) is 2.92. The van der Waals surface area contributed by atoms with Gasteiger partial charge in [-0.15, -0.1) is 0 Å². The average Bonchev–Trinajstić information content (AvgIpc) is 2.82. The Morgan fingerprint density at radius 2 is 2.26 bits per heavy atom. The van der Waals surface area contributed by atoms with Crippen LogP contribution in [0.4, 0.5) is 8.78 Å². The van der Waals surface area contributed by atoms with Crippen molar-refractivity contribution < 1.29 is 13.2 Å². The number of hydrogen-bond acceptors (Lipinski definition) is 4. The molecule has 0 spiro atoms. The lowest BCUT2D eigenvalue weighted by Crippen LogP contribution is -2.43. The summed E-state index contributed by atoms with van der Waals surface area (Å²) in [4.78, 5) is 2.31. The highest BCUT2D eigenvalue weighted by Crippen LogP contribution is 2.21. The third kappa shape index (κ3) is 5.12. The maximum atomic E-state index is 12.1. The Kier molecular flexibility index (Phi) is 5.66. The molecule has 3 nitrogen and oxygen atoms in total. The minimum atomic E-state index is -2.34. The molecule has 0 radical (unpaired) electrons. The van der Waals surface area contributed by atoms with Crippen molar-refractivity contribution in [2.75, 3.05) is 20.1 Å². The molecule has 0 bridgehead atoms. The van der Waals surface area contributed by atoms with Gasteiger partial charge in [-0.05, 0) is 38.6 Å². The SMILES string of the molecule is CN1CCCC(NCc2ccc(CSC(F)F)o2)C1. The number of hydrogen-bond donors (Lipinski definition) is 1. The summed E-state index contributed by atoms with van der Waals surface area (Å²) in [6.45, 7) is 2.88. The third-order valence-electron chi connectivity index (χ3n) is 3.26. The van der Waals surface area contributed by atoms with Gasteiger partial charge < -0.3 is 14.6 Å². The molecule has 2 rings (SSSR count). The van der Waals surface area contributed by atoms with E-state index >= 15 is 0 Å². The van der Waals surface area contributed by atoms with Crippen molar-refractivity contribution in [2.24, 2.45) is 0 Å². The zero-order chi connectivity index (χ0) is 13.7. The van der Waals surface area contributed by atoms with Crippen LogP contribution in [0, 0.1) is 0 Å². The molecule has 1 atom stereocenters. The van der Waals surface area contributed by atoms with Crippen LogP contribution in [0.15, 0.2) is 16.5 Å². The molecule has 0 aromatic carbocycles. The number of nitrogens with one attached hydrogen (secondary N) is 1. The Morgan fingerprint density at radius 1 is 1.47 bits per heavy atom. The van der Waals surface area contributed by atoms with E-state index in [-0.39, 0.29) is 5.75 Å². The summed E-state index contributed by atoms with van der Waals surface area (Å²) >= 11 is 0.590. The van der Waals surface area contributed by atoms with Gasteiger partial charge in [0.1, 0.15) is 11.5 Å². The van der Waals surface area contributed by atoms with E-state index < -0.39 is 5.76 Å². The quantitative estimate of drug-likeness (QED) is 0.872. The number of thioether (sulfide) groups is 1. The van der Waals surface area contributed by atoms with E-state index in [1.165, 1.54) is 12.8 Å². The van der Waals surface area contributed by atoms with Gasteiger partial charge in [0.15, 0.2) is 0 Å². The van der Waals surface area contributed by atoms with Gasteiger partial charge in [0.05, 0.1) is 12.3 Å². The highest BCUT2D eigenvalue weighted by Gasteiger charge is 2.16. The van der Waals surface area contributed by atoms with Crippen LogP contribution in [0.3, 0.4) is 0 Å². The van der Waals surface area contributed by atoms with Gasteiger partial charge in [0, 0.05) is 12.6 Å². The summed E-state index contributed by atoms with van der Waals surface area (Å²) in [7, 11) is 2.13. The monoisotopic (exact) mass is 290 g/mol. The summed E-state index contributed by atoms with van der Waals surface area (Å²) in [6, 6.07) is 4.13. The Bertz CT molecular complexity index is 386. The number of likely N-dealkylation sites (tertiary alicyclic amines) is 1. The van der Waals surface area contributed by atoms with Crippen LogP contribution < -0.4 is 5.32 Å². The largest absolute Gasteiger partial charge is 0.464 e. The Morgan fingerprint density at radius 3 is 3.00 bits per heavy atom. The second-order valence-electron chi connectivity index (χ2n) is 4.92. The van der Waals surface area contributed by atoms with Crippen LogP contribution in [0.5, 0.6) is 0 Å². The summed E-state index contributed by atoms with van der Waals surface area (Å²) in [5.74, 6) is -0.686. The molecule has 1 N–H and O–H groups in total. The van der Waals surface area contributed by atoms with Crippen LogP contribution in [0.1, 0.15) is 24.4 Å². The number of piperidine rings is 1. The lowest BCUT2D eigenvalue weighted by molar-refractivity contribution is 0.223.